The summed E-state index contributed by atoms with van der Waals surface area (Å²) in [6, 6.07) is 12.3. The normalized spacial score (nSPS) is 13.5. The summed E-state index contributed by atoms with van der Waals surface area (Å²) in [5.41, 5.74) is 1.34. The second-order valence-electron chi connectivity index (χ2n) is 5.07. The lowest BCUT2D eigenvalue weighted by atomic mass is 9.99. The third-order valence-electron chi connectivity index (χ3n) is 3.51. The van der Waals surface area contributed by atoms with E-state index in [4.69, 9.17) is 11.6 Å². The molecular formula is C17H17ClFNO2. The SMILES string of the molecule is CC(C(=O)NC(CO)c1ccc(Cl)cc1)c1cccc(F)c1. The van der Waals surface area contributed by atoms with Crippen molar-refractivity contribution in [3.05, 3.63) is 70.5 Å². The fraction of sp³-hybridized carbons (Fsp3) is 0.235. The van der Waals surface area contributed by atoms with Crippen LogP contribution in [-0.2, 0) is 4.79 Å². The summed E-state index contributed by atoms with van der Waals surface area (Å²) in [7, 11) is 0. The summed E-state index contributed by atoms with van der Waals surface area (Å²) in [5.74, 6) is -1.18. The van der Waals surface area contributed by atoms with Gasteiger partial charge in [0.15, 0.2) is 0 Å². The number of halogens is 2. The summed E-state index contributed by atoms with van der Waals surface area (Å²) in [4.78, 5) is 12.3. The van der Waals surface area contributed by atoms with Gasteiger partial charge in [-0.3, -0.25) is 4.79 Å². The van der Waals surface area contributed by atoms with E-state index in [0.29, 0.717) is 10.6 Å². The van der Waals surface area contributed by atoms with Crippen LogP contribution in [0.3, 0.4) is 0 Å². The third kappa shape index (κ3) is 4.06. The van der Waals surface area contributed by atoms with Gasteiger partial charge in [0, 0.05) is 5.02 Å². The Morgan fingerprint density at radius 2 is 1.91 bits per heavy atom. The molecule has 2 rings (SSSR count). The van der Waals surface area contributed by atoms with Gasteiger partial charge in [0.1, 0.15) is 5.82 Å². The lowest BCUT2D eigenvalue weighted by molar-refractivity contribution is -0.123. The van der Waals surface area contributed by atoms with Crippen LogP contribution >= 0.6 is 11.6 Å². The van der Waals surface area contributed by atoms with Crippen LogP contribution in [0.4, 0.5) is 4.39 Å². The first-order valence-corrected chi connectivity index (χ1v) is 7.31. The van der Waals surface area contributed by atoms with Gasteiger partial charge < -0.3 is 10.4 Å². The van der Waals surface area contributed by atoms with Crippen LogP contribution in [0.2, 0.25) is 5.02 Å². The summed E-state index contributed by atoms with van der Waals surface area (Å²) in [6.07, 6.45) is 0. The maximum atomic E-state index is 13.2. The van der Waals surface area contributed by atoms with Gasteiger partial charge in [0.2, 0.25) is 5.91 Å². The van der Waals surface area contributed by atoms with Crippen LogP contribution in [0.25, 0.3) is 0 Å². The Bertz CT molecular complexity index is 645. The van der Waals surface area contributed by atoms with E-state index in [0.717, 1.165) is 5.56 Å². The molecule has 0 fully saturated rings. The van der Waals surface area contributed by atoms with Gasteiger partial charge in [-0.25, -0.2) is 4.39 Å². The van der Waals surface area contributed by atoms with E-state index in [2.05, 4.69) is 5.32 Å². The molecule has 0 spiro atoms. The van der Waals surface area contributed by atoms with Gasteiger partial charge in [0.25, 0.3) is 0 Å². The Hall–Kier alpha value is -1.91. The van der Waals surface area contributed by atoms with Gasteiger partial charge in [-0.05, 0) is 42.3 Å². The van der Waals surface area contributed by atoms with E-state index in [1.807, 2.05) is 0 Å². The van der Waals surface area contributed by atoms with E-state index in [-0.39, 0.29) is 18.3 Å². The van der Waals surface area contributed by atoms with Crippen molar-refractivity contribution in [3.8, 4) is 0 Å². The molecule has 2 N–H and O–H groups in total. The number of rotatable bonds is 5. The minimum atomic E-state index is -0.527. The summed E-state index contributed by atoms with van der Waals surface area (Å²) < 4.78 is 13.2. The number of aliphatic hydroxyl groups is 1. The largest absolute Gasteiger partial charge is 0.394 e. The highest BCUT2D eigenvalue weighted by Gasteiger charge is 2.20. The Morgan fingerprint density at radius 1 is 1.23 bits per heavy atom. The van der Waals surface area contributed by atoms with Crippen LogP contribution in [0, 0.1) is 5.82 Å². The first kappa shape index (κ1) is 16.5. The second kappa shape index (κ2) is 7.38. The number of carbonyl (C=O) groups is 1. The molecule has 2 aromatic carbocycles. The van der Waals surface area contributed by atoms with Gasteiger partial charge in [0.05, 0.1) is 18.6 Å². The molecular weight excluding hydrogens is 305 g/mol. The number of aliphatic hydroxyl groups excluding tert-OH is 1. The van der Waals surface area contributed by atoms with Crippen LogP contribution in [0.1, 0.15) is 30.0 Å². The van der Waals surface area contributed by atoms with E-state index in [1.165, 1.54) is 12.1 Å². The molecule has 0 aromatic heterocycles. The van der Waals surface area contributed by atoms with Crippen LogP contribution < -0.4 is 5.32 Å². The predicted octanol–water partition coefficient (Wildman–Crippen LogP) is 3.43. The standard InChI is InChI=1S/C17H17ClFNO2/c1-11(13-3-2-4-15(19)9-13)17(22)20-16(10-21)12-5-7-14(18)8-6-12/h2-9,11,16,21H,10H2,1H3,(H,20,22). The van der Waals surface area contributed by atoms with Gasteiger partial charge >= 0.3 is 0 Å². The van der Waals surface area contributed by atoms with Gasteiger partial charge in [-0.15, -0.1) is 0 Å². The summed E-state index contributed by atoms with van der Waals surface area (Å²) in [6.45, 7) is 1.46. The first-order chi connectivity index (χ1) is 10.5. The van der Waals surface area contributed by atoms with Crippen LogP contribution in [-0.4, -0.2) is 17.6 Å². The average Bonchev–Trinajstić information content (AvgIpc) is 2.52. The predicted molar refractivity (Wildman–Crippen MR) is 84.2 cm³/mol. The molecule has 5 heteroatoms. The zero-order valence-electron chi connectivity index (χ0n) is 12.1. The smallest absolute Gasteiger partial charge is 0.227 e. The zero-order chi connectivity index (χ0) is 16.1. The molecule has 1 amide bonds. The monoisotopic (exact) mass is 321 g/mol. The summed E-state index contributed by atoms with van der Waals surface area (Å²) >= 11 is 5.83. The van der Waals surface area contributed by atoms with Gasteiger partial charge in [-0.2, -0.15) is 0 Å². The maximum absolute atomic E-state index is 13.2. The molecule has 0 aliphatic carbocycles. The van der Waals surface area contributed by atoms with Crippen molar-refractivity contribution in [1.29, 1.82) is 0 Å². The molecule has 22 heavy (non-hydrogen) atoms. The molecule has 0 aliphatic heterocycles. The van der Waals surface area contributed by atoms with Gasteiger partial charge in [-0.1, -0.05) is 35.9 Å². The number of hydrogen-bond donors (Lipinski definition) is 2. The Kier molecular flexibility index (Phi) is 5.52. The molecule has 0 aliphatic rings. The molecule has 0 saturated carbocycles. The van der Waals surface area contributed by atoms with Crippen molar-refractivity contribution in [2.24, 2.45) is 0 Å². The minimum absolute atomic E-state index is 0.233. The highest BCUT2D eigenvalue weighted by molar-refractivity contribution is 6.30. The van der Waals surface area contributed by atoms with E-state index in [9.17, 15) is 14.3 Å². The van der Waals surface area contributed by atoms with Crippen molar-refractivity contribution in [2.75, 3.05) is 6.61 Å². The molecule has 0 heterocycles. The van der Waals surface area contributed by atoms with Crippen molar-refractivity contribution < 1.29 is 14.3 Å². The van der Waals surface area contributed by atoms with Crippen LogP contribution in [0.5, 0.6) is 0 Å². The molecule has 2 aromatic rings. The molecule has 2 unspecified atom stereocenters. The minimum Gasteiger partial charge on any atom is -0.394 e. The fourth-order valence-electron chi connectivity index (χ4n) is 2.15. The van der Waals surface area contributed by atoms with E-state index in [1.54, 1.807) is 43.3 Å². The molecule has 0 bridgehead atoms. The molecule has 0 radical (unpaired) electrons. The van der Waals surface area contributed by atoms with E-state index < -0.39 is 12.0 Å². The van der Waals surface area contributed by atoms with Crippen LogP contribution in [0.15, 0.2) is 48.5 Å². The molecule has 0 saturated heterocycles. The quantitative estimate of drug-likeness (QED) is 0.886. The number of amides is 1. The highest BCUT2D eigenvalue weighted by atomic mass is 35.5. The fourth-order valence-corrected chi connectivity index (χ4v) is 2.28. The highest BCUT2D eigenvalue weighted by Crippen LogP contribution is 2.20. The average molecular weight is 322 g/mol. The zero-order valence-corrected chi connectivity index (χ0v) is 12.8. The lowest BCUT2D eigenvalue weighted by Crippen LogP contribution is -2.33. The van der Waals surface area contributed by atoms with Crippen molar-refractivity contribution in [2.45, 2.75) is 18.9 Å². The summed E-state index contributed by atoms with van der Waals surface area (Å²) in [5, 5.41) is 12.8. The molecule has 116 valence electrons. The van der Waals surface area contributed by atoms with E-state index >= 15 is 0 Å². The molecule has 2 atom stereocenters. The topological polar surface area (TPSA) is 49.3 Å². The van der Waals surface area contributed by atoms with Crippen molar-refractivity contribution >= 4 is 17.5 Å². The lowest BCUT2D eigenvalue weighted by Gasteiger charge is -2.20. The Balaban J connectivity index is 2.10. The Morgan fingerprint density at radius 3 is 2.50 bits per heavy atom. The number of carbonyl (C=O) groups excluding carboxylic acids is 1. The van der Waals surface area contributed by atoms with Crippen molar-refractivity contribution in [1.82, 2.24) is 5.32 Å². The number of benzene rings is 2. The Labute approximate surface area is 133 Å². The first-order valence-electron chi connectivity index (χ1n) is 6.93. The molecule has 3 nitrogen and oxygen atoms in total. The van der Waals surface area contributed by atoms with Crippen molar-refractivity contribution in [3.63, 3.8) is 0 Å². The third-order valence-corrected chi connectivity index (χ3v) is 3.77. The second-order valence-corrected chi connectivity index (χ2v) is 5.51. The number of nitrogens with one attached hydrogen (secondary N) is 1. The maximum Gasteiger partial charge on any atom is 0.227 e. The number of hydrogen-bond acceptors (Lipinski definition) is 2.